The highest BCUT2D eigenvalue weighted by Gasteiger charge is 2.06. The quantitative estimate of drug-likeness (QED) is 0.744. The van der Waals surface area contributed by atoms with Gasteiger partial charge < -0.3 is 10.1 Å². The van der Waals surface area contributed by atoms with Gasteiger partial charge in [0, 0.05) is 18.8 Å². The zero-order valence-corrected chi connectivity index (χ0v) is 10.3. The molecule has 0 radical (unpaired) electrons. The Bertz CT molecular complexity index is 684. The molecule has 0 unspecified atom stereocenters. The summed E-state index contributed by atoms with van der Waals surface area (Å²) in [4.78, 5) is 4.61. The second-order valence-electron chi connectivity index (χ2n) is 4.54. The van der Waals surface area contributed by atoms with E-state index in [0.717, 1.165) is 29.0 Å². The van der Waals surface area contributed by atoms with Crippen LogP contribution in [0.5, 0.6) is 0 Å². The normalized spacial score (nSPS) is 10.9. The average Bonchev–Trinajstić information content (AvgIpc) is 2.79. The van der Waals surface area contributed by atoms with Crippen molar-refractivity contribution in [3.63, 3.8) is 0 Å². The van der Waals surface area contributed by atoms with Crippen LogP contribution in [0.3, 0.4) is 0 Å². The number of aryl methyl sites for hydroxylation is 1. The first-order valence-electron chi connectivity index (χ1n) is 6.00. The Morgan fingerprint density at radius 3 is 2.72 bits per heavy atom. The lowest BCUT2D eigenvalue weighted by atomic mass is 10.1. The summed E-state index contributed by atoms with van der Waals surface area (Å²) in [6, 6.07) is 12.3. The molecule has 0 saturated carbocycles. The number of fused-ring (bicyclic) bond motifs is 1. The fourth-order valence-electron chi connectivity index (χ4n) is 2.11. The van der Waals surface area contributed by atoms with Crippen molar-refractivity contribution in [2.45, 2.75) is 13.3 Å². The summed E-state index contributed by atoms with van der Waals surface area (Å²) in [6.07, 6.45) is 4.88. The van der Waals surface area contributed by atoms with Crippen molar-refractivity contribution in [1.82, 2.24) is 9.38 Å². The van der Waals surface area contributed by atoms with Gasteiger partial charge in [0.1, 0.15) is 0 Å². The Kier molecular flexibility index (Phi) is 2.52. The van der Waals surface area contributed by atoms with Crippen LogP contribution in [0.1, 0.15) is 16.8 Å². The van der Waals surface area contributed by atoms with Gasteiger partial charge in [-0.1, -0.05) is 30.3 Å². The Morgan fingerprint density at radius 2 is 1.94 bits per heavy atom. The molecule has 0 saturated heterocycles. The Hall–Kier alpha value is -2.29. The molecule has 0 spiro atoms. The maximum absolute atomic E-state index is 6.04. The van der Waals surface area contributed by atoms with Gasteiger partial charge in [-0.25, -0.2) is 4.98 Å². The van der Waals surface area contributed by atoms with Crippen LogP contribution in [-0.4, -0.2) is 9.38 Å². The van der Waals surface area contributed by atoms with Crippen molar-refractivity contribution >= 4 is 11.3 Å². The first-order valence-corrected chi connectivity index (χ1v) is 6.00. The molecule has 0 aliphatic carbocycles. The van der Waals surface area contributed by atoms with E-state index in [0.29, 0.717) is 0 Å². The topological polar surface area (TPSA) is 43.3 Å². The first kappa shape index (κ1) is 10.8. The Balaban J connectivity index is 2.02. The van der Waals surface area contributed by atoms with Crippen molar-refractivity contribution in [3.8, 4) is 0 Å². The third-order valence-electron chi connectivity index (χ3n) is 3.16. The number of hydrogen-bond acceptors (Lipinski definition) is 2. The minimum Gasteiger partial charge on any atom is -0.395 e. The molecule has 3 heteroatoms. The van der Waals surface area contributed by atoms with Crippen LogP contribution in [0, 0.1) is 6.92 Å². The fraction of sp³-hybridized carbons (Fsp3) is 0.133. The average molecular weight is 237 g/mol. The number of rotatable bonds is 2. The maximum Gasteiger partial charge on any atom is 0.160 e. The number of nitrogens with two attached hydrogens (primary N) is 1. The van der Waals surface area contributed by atoms with E-state index >= 15 is 0 Å². The molecule has 0 bridgehead atoms. The van der Waals surface area contributed by atoms with E-state index in [1.54, 1.807) is 0 Å². The molecular weight excluding hydrogens is 222 g/mol. The van der Waals surface area contributed by atoms with Crippen molar-refractivity contribution in [1.29, 1.82) is 0 Å². The van der Waals surface area contributed by atoms with Gasteiger partial charge in [0.15, 0.2) is 5.65 Å². The number of nitrogens with zero attached hydrogens (tertiary/aromatic N) is 2. The molecule has 3 nitrogen and oxygen atoms in total. The van der Waals surface area contributed by atoms with Crippen LogP contribution in [-0.2, 0) is 6.42 Å². The predicted octanol–water partition coefficient (Wildman–Crippen LogP) is 2.82. The summed E-state index contributed by atoms with van der Waals surface area (Å²) >= 11 is 0. The van der Waals surface area contributed by atoms with Gasteiger partial charge in [0.05, 0.1) is 11.4 Å². The van der Waals surface area contributed by atoms with Crippen LogP contribution < -0.4 is 5.73 Å². The first-order chi connectivity index (χ1) is 8.74. The molecule has 1 aromatic carbocycles. The highest BCUT2D eigenvalue weighted by atomic mass is 15.0. The van der Waals surface area contributed by atoms with Gasteiger partial charge in [-0.05, 0) is 24.1 Å². The summed E-state index contributed by atoms with van der Waals surface area (Å²) in [5.74, 6) is 0. The van der Waals surface area contributed by atoms with Crippen LogP contribution in [0.2, 0.25) is 0 Å². The smallest absolute Gasteiger partial charge is 0.160 e. The molecule has 0 aliphatic rings. The molecule has 0 aliphatic heterocycles. The molecule has 0 atom stereocenters. The number of pyridine rings is 1. The third kappa shape index (κ3) is 1.84. The van der Waals surface area contributed by atoms with E-state index in [4.69, 9.17) is 5.73 Å². The third-order valence-corrected chi connectivity index (χ3v) is 3.16. The van der Waals surface area contributed by atoms with Gasteiger partial charge in [0.2, 0.25) is 0 Å². The van der Waals surface area contributed by atoms with Crippen LogP contribution in [0.15, 0.2) is 48.8 Å². The zero-order valence-electron chi connectivity index (χ0n) is 10.3. The minimum atomic E-state index is 0.761. The van der Waals surface area contributed by atoms with Crippen molar-refractivity contribution in [2.75, 3.05) is 5.73 Å². The van der Waals surface area contributed by atoms with E-state index in [1.807, 2.05) is 48.0 Å². The second-order valence-corrected chi connectivity index (χ2v) is 4.54. The minimum absolute atomic E-state index is 0.761. The maximum atomic E-state index is 6.04. The molecule has 90 valence electrons. The van der Waals surface area contributed by atoms with Gasteiger partial charge in [-0.15, -0.1) is 0 Å². The summed E-state index contributed by atoms with van der Waals surface area (Å²) in [7, 11) is 0. The van der Waals surface area contributed by atoms with Gasteiger partial charge >= 0.3 is 0 Å². The van der Waals surface area contributed by atoms with E-state index in [2.05, 4.69) is 17.1 Å². The largest absolute Gasteiger partial charge is 0.395 e. The number of nitrogen functional groups attached to an aromatic ring is 1. The lowest BCUT2D eigenvalue weighted by molar-refractivity contribution is 1.11. The molecule has 0 amide bonds. The van der Waals surface area contributed by atoms with Crippen LogP contribution >= 0.6 is 0 Å². The number of hydrogen-bond donors (Lipinski definition) is 1. The van der Waals surface area contributed by atoms with E-state index in [9.17, 15) is 0 Å². The van der Waals surface area contributed by atoms with E-state index in [-0.39, 0.29) is 0 Å². The molecule has 18 heavy (non-hydrogen) atoms. The highest BCUT2D eigenvalue weighted by Crippen LogP contribution is 2.18. The molecule has 3 rings (SSSR count). The lowest BCUT2D eigenvalue weighted by Gasteiger charge is -2.00. The van der Waals surface area contributed by atoms with Gasteiger partial charge in [-0.2, -0.15) is 0 Å². The molecule has 2 N–H and O–H groups in total. The van der Waals surface area contributed by atoms with Crippen molar-refractivity contribution < 1.29 is 0 Å². The Morgan fingerprint density at radius 1 is 1.17 bits per heavy atom. The molecule has 3 aromatic rings. The SMILES string of the molecule is Cc1ccn2cc(Cc3ccccc3)nc2c1N. The van der Waals surface area contributed by atoms with Gasteiger partial charge in [-0.3, -0.25) is 0 Å². The predicted molar refractivity (Wildman–Crippen MR) is 73.6 cm³/mol. The number of aromatic nitrogens is 2. The number of benzene rings is 1. The van der Waals surface area contributed by atoms with Crippen LogP contribution in [0.4, 0.5) is 5.69 Å². The summed E-state index contributed by atoms with van der Waals surface area (Å²) in [5.41, 5.74) is 11.0. The lowest BCUT2D eigenvalue weighted by Crippen LogP contribution is -1.94. The second kappa shape index (κ2) is 4.18. The molecule has 2 heterocycles. The zero-order chi connectivity index (χ0) is 12.5. The fourth-order valence-corrected chi connectivity index (χ4v) is 2.11. The number of anilines is 1. The molecule has 0 fully saturated rings. The van der Waals surface area contributed by atoms with Crippen LogP contribution in [0.25, 0.3) is 5.65 Å². The van der Waals surface area contributed by atoms with E-state index < -0.39 is 0 Å². The van der Waals surface area contributed by atoms with Crippen molar-refractivity contribution in [3.05, 3.63) is 65.6 Å². The summed E-state index contributed by atoms with van der Waals surface area (Å²) in [5, 5.41) is 0. The molecule has 2 aromatic heterocycles. The van der Waals surface area contributed by atoms with Gasteiger partial charge in [0.25, 0.3) is 0 Å². The van der Waals surface area contributed by atoms with Crippen molar-refractivity contribution in [2.24, 2.45) is 0 Å². The Labute approximate surface area is 106 Å². The number of imidazole rings is 1. The van der Waals surface area contributed by atoms with E-state index in [1.165, 1.54) is 5.56 Å². The standard InChI is InChI=1S/C15H15N3/c1-11-7-8-18-10-13(17-15(18)14(11)16)9-12-5-3-2-4-6-12/h2-8,10H,9,16H2,1H3. The molecular formula is C15H15N3. The summed E-state index contributed by atoms with van der Waals surface area (Å²) < 4.78 is 1.99. The summed E-state index contributed by atoms with van der Waals surface area (Å²) in [6.45, 7) is 2.00. The monoisotopic (exact) mass is 237 g/mol. The highest BCUT2D eigenvalue weighted by molar-refractivity contribution is 5.68.